The van der Waals surface area contributed by atoms with Gasteiger partial charge in [-0.3, -0.25) is 0 Å². The van der Waals surface area contributed by atoms with Gasteiger partial charge in [0.05, 0.1) is 6.04 Å². The van der Waals surface area contributed by atoms with Crippen molar-refractivity contribution < 1.29 is 0 Å². The molecule has 1 N–H and O–H groups in total. The molecular formula is C13H20N2S. The summed E-state index contributed by atoms with van der Waals surface area (Å²) < 4.78 is 0. The van der Waals surface area contributed by atoms with E-state index in [1.54, 1.807) is 11.3 Å². The van der Waals surface area contributed by atoms with Crippen molar-refractivity contribution in [3.05, 3.63) is 16.6 Å². The van der Waals surface area contributed by atoms with Gasteiger partial charge in [-0.05, 0) is 38.0 Å². The number of rotatable bonds is 6. The molecule has 88 valence electrons. The van der Waals surface area contributed by atoms with Crippen LogP contribution in [0.1, 0.15) is 50.1 Å². The Bertz CT molecular complexity index is 328. The Hall–Kier alpha value is -0.410. The standard InChI is InChI=1S/C13H20N2S/c1-9(8-10-2-3-10)15-12(11-4-5-11)13-14-6-7-16-13/h6-7,9-12,15H,2-5,8H2,1H3. The predicted octanol–water partition coefficient (Wildman–Crippen LogP) is 3.37. The summed E-state index contributed by atoms with van der Waals surface area (Å²) in [6.07, 6.45) is 8.97. The molecule has 0 bridgehead atoms. The Morgan fingerprint density at radius 2 is 2.25 bits per heavy atom. The maximum Gasteiger partial charge on any atom is 0.110 e. The van der Waals surface area contributed by atoms with Crippen LogP contribution in [0, 0.1) is 11.8 Å². The molecule has 0 saturated heterocycles. The minimum Gasteiger partial charge on any atom is -0.305 e. The second-order valence-electron chi connectivity index (χ2n) is 5.43. The molecule has 3 rings (SSSR count). The highest BCUT2D eigenvalue weighted by atomic mass is 32.1. The van der Waals surface area contributed by atoms with E-state index in [1.807, 2.05) is 6.20 Å². The first-order valence-electron chi connectivity index (χ1n) is 6.48. The number of aromatic nitrogens is 1. The van der Waals surface area contributed by atoms with Gasteiger partial charge in [0.15, 0.2) is 0 Å². The summed E-state index contributed by atoms with van der Waals surface area (Å²) in [5.74, 6) is 1.87. The van der Waals surface area contributed by atoms with Crippen LogP contribution in [-0.4, -0.2) is 11.0 Å². The smallest absolute Gasteiger partial charge is 0.110 e. The molecular weight excluding hydrogens is 216 g/mol. The quantitative estimate of drug-likeness (QED) is 0.819. The molecule has 2 aliphatic rings. The third-order valence-electron chi connectivity index (χ3n) is 3.66. The normalized spacial score (nSPS) is 24.3. The van der Waals surface area contributed by atoms with E-state index < -0.39 is 0 Å². The molecule has 0 radical (unpaired) electrons. The first-order valence-corrected chi connectivity index (χ1v) is 7.36. The van der Waals surface area contributed by atoms with E-state index in [9.17, 15) is 0 Å². The van der Waals surface area contributed by atoms with Gasteiger partial charge in [-0.15, -0.1) is 11.3 Å². The summed E-state index contributed by atoms with van der Waals surface area (Å²) in [5.41, 5.74) is 0. The third-order valence-corrected chi connectivity index (χ3v) is 4.52. The van der Waals surface area contributed by atoms with Gasteiger partial charge in [0, 0.05) is 17.6 Å². The van der Waals surface area contributed by atoms with E-state index >= 15 is 0 Å². The van der Waals surface area contributed by atoms with E-state index in [1.165, 1.54) is 37.1 Å². The van der Waals surface area contributed by atoms with E-state index in [2.05, 4.69) is 22.6 Å². The zero-order valence-corrected chi connectivity index (χ0v) is 10.7. The average molecular weight is 236 g/mol. The zero-order valence-electron chi connectivity index (χ0n) is 9.86. The Labute approximate surface area is 101 Å². The van der Waals surface area contributed by atoms with Crippen LogP contribution in [0.4, 0.5) is 0 Å². The highest BCUT2D eigenvalue weighted by molar-refractivity contribution is 7.09. The lowest BCUT2D eigenvalue weighted by atomic mass is 10.1. The van der Waals surface area contributed by atoms with Crippen LogP contribution in [0.25, 0.3) is 0 Å². The van der Waals surface area contributed by atoms with Crippen LogP contribution < -0.4 is 5.32 Å². The minimum absolute atomic E-state index is 0.536. The second-order valence-corrected chi connectivity index (χ2v) is 6.36. The van der Waals surface area contributed by atoms with E-state index in [0.29, 0.717) is 12.1 Å². The van der Waals surface area contributed by atoms with Gasteiger partial charge in [-0.25, -0.2) is 4.98 Å². The number of thiazole rings is 1. The monoisotopic (exact) mass is 236 g/mol. The van der Waals surface area contributed by atoms with Gasteiger partial charge in [0.25, 0.3) is 0 Å². The number of nitrogens with zero attached hydrogens (tertiary/aromatic N) is 1. The summed E-state index contributed by atoms with van der Waals surface area (Å²) in [5, 5.41) is 7.19. The Kier molecular flexibility index (Phi) is 2.99. The lowest BCUT2D eigenvalue weighted by Gasteiger charge is -2.21. The maximum absolute atomic E-state index is 4.48. The van der Waals surface area contributed by atoms with Crippen molar-refractivity contribution in [2.75, 3.05) is 0 Å². The molecule has 16 heavy (non-hydrogen) atoms. The van der Waals surface area contributed by atoms with Crippen molar-refractivity contribution in [2.45, 2.75) is 51.1 Å². The highest BCUT2D eigenvalue weighted by Gasteiger charge is 2.35. The van der Waals surface area contributed by atoms with E-state index in [0.717, 1.165) is 11.8 Å². The molecule has 0 aromatic carbocycles. The summed E-state index contributed by atoms with van der Waals surface area (Å²) in [6.45, 7) is 2.33. The average Bonchev–Trinajstić information content (AvgIpc) is 3.17. The fourth-order valence-electron chi connectivity index (χ4n) is 2.45. The van der Waals surface area contributed by atoms with Crippen LogP contribution in [0.5, 0.6) is 0 Å². The summed E-state index contributed by atoms with van der Waals surface area (Å²) >= 11 is 1.80. The minimum atomic E-state index is 0.536. The number of hydrogen-bond donors (Lipinski definition) is 1. The summed E-state index contributed by atoms with van der Waals surface area (Å²) in [6, 6.07) is 1.19. The maximum atomic E-state index is 4.48. The number of nitrogens with one attached hydrogen (secondary N) is 1. The third kappa shape index (κ3) is 2.64. The molecule has 3 heteroatoms. The largest absolute Gasteiger partial charge is 0.305 e. The molecule has 1 aromatic rings. The molecule has 2 unspecified atom stereocenters. The topological polar surface area (TPSA) is 24.9 Å². The van der Waals surface area contributed by atoms with Crippen LogP contribution in [-0.2, 0) is 0 Å². The number of hydrogen-bond acceptors (Lipinski definition) is 3. The van der Waals surface area contributed by atoms with Gasteiger partial charge < -0.3 is 5.32 Å². The zero-order chi connectivity index (χ0) is 11.0. The molecule has 2 atom stereocenters. The van der Waals surface area contributed by atoms with Gasteiger partial charge in [-0.1, -0.05) is 12.8 Å². The van der Waals surface area contributed by atoms with Crippen LogP contribution >= 0.6 is 11.3 Å². The van der Waals surface area contributed by atoms with Crippen molar-refractivity contribution in [3.8, 4) is 0 Å². The molecule has 0 amide bonds. The SMILES string of the molecule is CC(CC1CC1)NC(c1nccs1)C1CC1. The molecule has 2 aliphatic carbocycles. The molecule has 2 saturated carbocycles. The second kappa shape index (κ2) is 4.46. The Balaban J connectivity index is 1.59. The molecule has 2 nitrogen and oxygen atoms in total. The molecule has 2 fully saturated rings. The molecule has 0 spiro atoms. The lowest BCUT2D eigenvalue weighted by molar-refractivity contribution is 0.391. The van der Waals surface area contributed by atoms with Crippen molar-refractivity contribution >= 4 is 11.3 Å². The fourth-order valence-corrected chi connectivity index (χ4v) is 3.24. The van der Waals surface area contributed by atoms with Gasteiger partial charge in [0.2, 0.25) is 0 Å². The lowest BCUT2D eigenvalue weighted by Crippen LogP contribution is -2.32. The van der Waals surface area contributed by atoms with Crippen molar-refractivity contribution in [2.24, 2.45) is 11.8 Å². The summed E-state index contributed by atoms with van der Waals surface area (Å²) in [7, 11) is 0. The van der Waals surface area contributed by atoms with Crippen molar-refractivity contribution in [1.82, 2.24) is 10.3 Å². The Morgan fingerprint density at radius 3 is 2.81 bits per heavy atom. The summed E-state index contributed by atoms with van der Waals surface area (Å²) in [4.78, 5) is 4.48. The van der Waals surface area contributed by atoms with Gasteiger partial charge >= 0.3 is 0 Å². The van der Waals surface area contributed by atoms with Crippen molar-refractivity contribution in [3.63, 3.8) is 0 Å². The predicted molar refractivity (Wildman–Crippen MR) is 67.5 cm³/mol. The Morgan fingerprint density at radius 1 is 1.44 bits per heavy atom. The van der Waals surface area contributed by atoms with Crippen LogP contribution in [0.3, 0.4) is 0 Å². The van der Waals surface area contributed by atoms with E-state index in [4.69, 9.17) is 0 Å². The van der Waals surface area contributed by atoms with Gasteiger partial charge in [-0.2, -0.15) is 0 Å². The fraction of sp³-hybridized carbons (Fsp3) is 0.769. The van der Waals surface area contributed by atoms with E-state index in [-0.39, 0.29) is 0 Å². The molecule has 1 heterocycles. The van der Waals surface area contributed by atoms with Gasteiger partial charge in [0.1, 0.15) is 5.01 Å². The van der Waals surface area contributed by atoms with Crippen LogP contribution in [0.15, 0.2) is 11.6 Å². The first kappa shape index (κ1) is 10.7. The molecule has 0 aliphatic heterocycles. The molecule has 1 aromatic heterocycles. The highest BCUT2D eigenvalue weighted by Crippen LogP contribution is 2.42. The first-order chi connectivity index (χ1) is 7.83. The van der Waals surface area contributed by atoms with Crippen LogP contribution in [0.2, 0.25) is 0 Å². The van der Waals surface area contributed by atoms with Crippen molar-refractivity contribution in [1.29, 1.82) is 0 Å².